The maximum Gasteiger partial charge on any atom is 0.256 e. The molecule has 0 atom stereocenters. The van der Waals surface area contributed by atoms with E-state index in [-0.39, 0.29) is 17.4 Å². The zero-order chi connectivity index (χ0) is 27.3. The smallest absolute Gasteiger partial charge is 0.256 e. The number of amides is 2. The molecule has 0 bridgehead atoms. The van der Waals surface area contributed by atoms with Crippen LogP contribution in [0.1, 0.15) is 49.0 Å². The Kier molecular flexibility index (Phi) is 6.42. The number of carbonyl (C=O) groups excluding carboxylic acids is 2. The van der Waals surface area contributed by atoms with E-state index in [4.69, 9.17) is 4.98 Å². The average molecular weight is 530 g/mol. The normalized spacial score (nSPS) is 19.4. The lowest BCUT2D eigenvalue weighted by Gasteiger charge is -2.37. The Morgan fingerprint density at radius 3 is 2.64 bits per heavy atom. The lowest BCUT2D eigenvalue weighted by molar-refractivity contribution is -0.115. The molecule has 2 N–H and O–H groups in total. The third kappa shape index (κ3) is 5.04. The molecule has 2 aliphatic heterocycles. The molecule has 10 heteroatoms. The van der Waals surface area contributed by atoms with Crippen LogP contribution in [0.25, 0.3) is 23.0 Å². The van der Waals surface area contributed by atoms with Crippen molar-refractivity contribution >= 4 is 29.4 Å². The van der Waals surface area contributed by atoms with Gasteiger partial charge in [0, 0.05) is 73.1 Å². The molecule has 1 aliphatic carbocycles. The lowest BCUT2D eigenvalue weighted by atomic mass is 10.1. The van der Waals surface area contributed by atoms with Crippen LogP contribution in [0.5, 0.6) is 0 Å². The first kappa shape index (κ1) is 25.2. The summed E-state index contributed by atoms with van der Waals surface area (Å²) in [6, 6.07) is 7.21. The molecule has 3 fully saturated rings. The minimum absolute atomic E-state index is 0.0425. The third-order valence-corrected chi connectivity index (χ3v) is 7.57. The van der Waals surface area contributed by atoms with Crippen LogP contribution in [0.3, 0.4) is 0 Å². The van der Waals surface area contributed by atoms with E-state index in [2.05, 4.69) is 41.1 Å². The highest BCUT2D eigenvalue weighted by Crippen LogP contribution is 2.31. The fourth-order valence-corrected chi connectivity index (χ4v) is 5.13. The molecule has 3 aliphatic rings. The van der Waals surface area contributed by atoms with Crippen molar-refractivity contribution in [1.29, 1.82) is 0 Å². The number of hydrogen-bond donors (Lipinski definition) is 2. The van der Waals surface area contributed by atoms with Gasteiger partial charge in [0.25, 0.3) is 11.8 Å². The van der Waals surface area contributed by atoms with Gasteiger partial charge >= 0.3 is 0 Å². The third-order valence-electron chi connectivity index (χ3n) is 7.57. The summed E-state index contributed by atoms with van der Waals surface area (Å²) in [6.45, 7) is 10.8. The number of fused-ring (bicyclic) bond motifs is 1. The second-order valence-electron chi connectivity index (χ2n) is 10.8. The second kappa shape index (κ2) is 9.92. The van der Waals surface area contributed by atoms with Gasteiger partial charge in [-0.1, -0.05) is 6.58 Å². The first-order chi connectivity index (χ1) is 18.8. The summed E-state index contributed by atoms with van der Waals surface area (Å²) in [5, 5.41) is 10.8. The molecule has 1 saturated carbocycles. The number of halogens is 1. The van der Waals surface area contributed by atoms with E-state index in [1.54, 1.807) is 33.8 Å². The molecule has 2 amide bonds. The minimum Gasteiger partial charge on any atom is -0.367 e. The number of carbonyl (C=O) groups is 2. The van der Waals surface area contributed by atoms with Gasteiger partial charge in [0.1, 0.15) is 11.6 Å². The van der Waals surface area contributed by atoms with Crippen molar-refractivity contribution in [3.8, 4) is 11.3 Å². The van der Waals surface area contributed by atoms with Gasteiger partial charge < -0.3 is 15.5 Å². The maximum absolute atomic E-state index is 15.0. The number of nitrogens with zero attached hydrogens (tertiary/aromatic N) is 5. The fourth-order valence-electron chi connectivity index (χ4n) is 5.13. The van der Waals surface area contributed by atoms with Crippen molar-refractivity contribution in [3.63, 3.8) is 0 Å². The highest BCUT2D eigenvalue weighted by molar-refractivity contribution is 6.02. The van der Waals surface area contributed by atoms with Crippen LogP contribution < -0.4 is 10.6 Å². The molecule has 0 spiro atoms. The topological polar surface area (TPSA) is 94.9 Å². The number of nitrogens with one attached hydrogen (secondary N) is 2. The van der Waals surface area contributed by atoms with E-state index in [0.29, 0.717) is 65.3 Å². The molecular weight excluding hydrogens is 497 g/mol. The summed E-state index contributed by atoms with van der Waals surface area (Å²) in [5.41, 5.74) is 3.76. The Balaban J connectivity index is 1.37. The van der Waals surface area contributed by atoms with Gasteiger partial charge in [-0.05, 0) is 51.0 Å². The number of rotatable bonds is 6. The largest absolute Gasteiger partial charge is 0.367 e. The highest BCUT2D eigenvalue weighted by atomic mass is 19.1. The standard InChI is InChI=1S/C29H32FN7O2/c1-17(2)35-8-10-36(11-9-35)29(39)23-14-19(4-7-24(23)30)25-15-26(33-22-5-6-22)37-27(34-25)21(16-31-37)13-20-12-18(3)32-28(20)38/h4,7,13-17,22,33H,3,5-6,8-12H2,1-2H3,(H,32,38)/b20-13+. The average Bonchev–Trinajstić information content (AvgIpc) is 3.56. The van der Waals surface area contributed by atoms with Gasteiger partial charge in [-0.15, -0.1) is 0 Å². The number of hydrogen-bond acceptors (Lipinski definition) is 6. The van der Waals surface area contributed by atoms with E-state index in [1.807, 2.05) is 6.07 Å². The zero-order valence-corrected chi connectivity index (χ0v) is 22.2. The number of benzene rings is 1. The van der Waals surface area contributed by atoms with Gasteiger partial charge in [-0.25, -0.2) is 9.37 Å². The van der Waals surface area contributed by atoms with Crippen molar-refractivity contribution in [3.05, 3.63) is 65.3 Å². The van der Waals surface area contributed by atoms with Crippen LogP contribution in [-0.2, 0) is 4.79 Å². The summed E-state index contributed by atoms with van der Waals surface area (Å²) in [4.78, 5) is 34.5. The Bertz CT molecular complexity index is 1510. The van der Waals surface area contributed by atoms with E-state index in [0.717, 1.165) is 31.7 Å². The summed E-state index contributed by atoms with van der Waals surface area (Å²) >= 11 is 0. The molecule has 202 valence electrons. The second-order valence-corrected chi connectivity index (χ2v) is 10.8. The fraction of sp³-hybridized carbons (Fsp3) is 0.379. The lowest BCUT2D eigenvalue weighted by Crippen LogP contribution is -2.50. The van der Waals surface area contributed by atoms with E-state index in [9.17, 15) is 14.0 Å². The molecule has 1 aromatic carbocycles. The van der Waals surface area contributed by atoms with Gasteiger partial charge in [-0.3, -0.25) is 14.5 Å². The summed E-state index contributed by atoms with van der Waals surface area (Å²) in [7, 11) is 0. The molecule has 39 heavy (non-hydrogen) atoms. The molecule has 2 aromatic heterocycles. The van der Waals surface area contributed by atoms with E-state index in [1.165, 1.54) is 6.07 Å². The van der Waals surface area contributed by atoms with Crippen LogP contribution in [-0.4, -0.2) is 74.5 Å². The molecule has 6 rings (SSSR count). The Labute approximate surface area is 226 Å². The number of aromatic nitrogens is 3. The van der Waals surface area contributed by atoms with Crippen molar-refractivity contribution in [2.45, 2.75) is 45.2 Å². The predicted octanol–water partition coefficient (Wildman–Crippen LogP) is 3.69. The van der Waals surface area contributed by atoms with Crippen LogP contribution in [0.2, 0.25) is 0 Å². The first-order valence-corrected chi connectivity index (χ1v) is 13.4. The molecule has 3 aromatic rings. The maximum atomic E-state index is 15.0. The van der Waals surface area contributed by atoms with Gasteiger partial charge in [0.05, 0.1) is 17.5 Å². The molecule has 2 saturated heterocycles. The molecule has 9 nitrogen and oxygen atoms in total. The molecule has 0 radical (unpaired) electrons. The summed E-state index contributed by atoms with van der Waals surface area (Å²) < 4.78 is 16.7. The zero-order valence-electron chi connectivity index (χ0n) is 22.2. The Morgan fingerprint density at radius 2 is 1.97 bits per heavy atom. The van der Waals surface area contributed by atoms with Gasteiger partial charge in [-0.2, -0.15) is 9.61 Å². The Hall–Kier alpha value is -4.05. The minimum atomic E-state index is -0.547. The van der Waals surface area contributed by atoms with Gasteiger partial charge in [0.15, 0.2) is 5.65 Å². The summed E-state index contributed by atoms with van der Waals surface area (Å²) in [5.74, 6) is -0.278. The Morgan fingerprint density at radius 1 is 1.21 bits per heavy atom. The molecular formula is C29H32FN7O2. The van der Waals surface area contributed by atoms with E-state index >= 15 is 0 Å². The predicted molar refractivity (Wildman–Crippen MR) is 148 cm³/mol. The van der Waals surface area contributed by atoms with Crippen molar-refractivity contribution in [1.82, 2.24) is 29.7 Å². The summed E-state index contributed by atoms with van der Waals surface area (Å²) in [6.07, 6.45) is 6.04. The van der Waals surface area contributed by atoms with Crippen LogP contribution in [0.15, 0.2) is 48.3 Å². The number of piperazine rings is 1. The van der Waals surface area contributed by atoms with E-state index < -0.39 is 5.82 Å². The van der Waals surface area contributed by atoms with Gasteiger partial charge in [0.2, 0.25) is 0 Å². The number of anilines is 1. The van der Waals surface area contributed by atoms with Crippen LogP contribution in [0.4, 0.5) is 10.2 Å². The number of allylic oxidation sites excluding steroid dienone is 1. The van der Waals surface area contributed by atoms with Crippen molar-refractivity contribution in [2.24, 2.45) is 0 Å². The monoisotopic (exact) mass is 529 g/mol. The van der Waals surface area contributed by atoms with Crippen molar-refractivity contribution < 1.29 is 14.0 Å². The first-order valence-electron chi connectivity index (χ1n) is 13.4. The van der Waals surface area contributed by atoms with Crippen LogP contribution in [0, 0.1) is 5.82 Å². The molecule has 0 unspecified atom stereocenters. The van der Waals surface area contributed by atoms with Crippen LogP contribution >= 0.6 is 0 Å². The quantitative estimate of drug-likeness (QED) is 0.473. The highest BCUT2D eigenvalue weighted by Gasteiger charge is 2.27. The van der Waals surface area contributed by atoms with Crippen molar-refractivity contribution in [2.75, 3.05) is 31.5 Å². The molecule has 4 heterocycles. The SMILES string of the molecule is C=C1C/C(=C\c2cnn3c(NC4CC4)cc(-c4ccc(F)c(C(=O)N5CCN(C(C)C)CC5)c4)nc23)C(=O)N1.